The highest BCUT2D eigenvalue weighted by atomic mass is 32.2. The fourth-order valence-electron chi connectivity index (χ4n) is 5.05. The third-order valence-electron chi connectivity index (χ3n) is 7.14. The molecule has 12 heteroatoms. The van der Waals surface area contributed by atoms with Gasteiger partial charge in [0.15, 0.2) is 0 Å². The molecule has 0 N–H and O–H groups in total. The molecule has 2 atom stereocenters. The van der Waals surface area contributed by atoms with Gasteiger partial charge in [-0.3, -0.25) is 4.18 Å². The molecule has 3 heterocycles. The minimum Gasteiger partial charge on any atom is -0.444 e. The highest BCUT2D eigenvalue weighted by molar-refractivity contribution is 7.86. The number of likely N-dealkylation sites (tertiary alicyclic amines) is 2. The lowest BCUT2D eigenvalue weighted by Gasteiger charge is -2.34. The molecule has 0 spiro atoms. The molecule has 0 unspecified atom stereocenters. The summed E-state index contributed by atoms with van der Waals surface area (Å²) in [5, 5.41) is 0. The van der Waals surface area contributed by atoms with Crippen LogP contribution in [0.4, 0.5) is 9.59 Å². The van der Waals surface area contributed by atoms with E-state index in [1.165, 1.54) is 0 Å². The van der Waals surface area contributed by atoms with Crippen molar-refractivity contribution in [3.63, 3.8) is 0 Å². The van der Waals surface area contributed by atoms with Crippen LogP contribution in [0.2, 0.25) is 0 Å². The predicted octanol–water partition coefficient (Wildman–Crippen LogP) is 5.88. The van der Waals surface area contributed by atoms with E-state index in [0.717, 1.165) is 50.9 Å². The average Bonchev–Trinajstić information content (AvgIpc) is 3.44. The van der Waals surface area contributed by atoms with Crippen LogP contribution < -0.4 is 0 Å². The van der Waals surface area contributed by atoms with Gasteiger partial charge >= 0.3 is 12.2 Å². The first-order valence-corrected chi connectivity index (χ1v) is 16.8. The topological polar surface area (TPSA) is 120 Å². The number of hydrogen-bond donors (Lipinski definition) is 0. The van der Waals surface area contributed by atoms with Crippen LogP contribution in [0.1, 0.15) is 72.8 Å². The number of aromatic nitrogens is 2. The van der Waals surface area contributed by atoms with Gasteiger partial charge in [-0.1, -0.05) is 17.7 Å². The van der Waals surface area contributed by atoms with Gasteiger partial charge < -0.3 is 23.8 Å². The van der Waals surface area contributed by atoms with E-state index in [4.69, 9.17) is 13.7 Å². The largest absolute Gasteiger partial charge is 0.444 e. The van der Waals surface area contributed by atoms with Crippen LogP contribution in [0.3, 0.4) is 0 Å². The summed E-state index contributed by atoms with van der Waals surface area (Å²) in [5.41, 5.74) is 0.0168. The van der Waals surface area contributed by atoms with Crippen LogP contribution >= 0.6 is 0 Å². The summed E-state index contributed by atoms with van der Waals surface area (Å²) in [4.78, 5) is 31.9. The Morgan fingerprint density at radius 3 is 1.89 bits per heavy atom. The van der Waals surface area contributed by atoms with Gasteiger partial charge in [0.2, 0.25) is 0 Å². The smallest absolute Gasteiger partial charge is 0.410 e. The van der Waals surface area contributed by atoms with Crippen molar-refractivity contribution >= 4 is 22.3 Å². The third-order valence-corrected chi connectivity index (χ3v) is 8.43. The molecule has 2 saturated heterocycles. The van der Waals surface area contributed by atoms with Crippen molar-refractivity contribution in [2.75, 3.05) is 32.8 Å². The molecule has 0 aliphatic carbocycles. The van der Waals surface area contributed by atoms with E-state index in [-0.39, 0.29) is 29.6 Å². The van der Waals surface area contributed by atoms with Crippen molar-refractivity contribution in [3.8, 4) is 0 Å². The third kappa shape index (κ3) is 12.1. The summed E-state index contributed by atoms with van der Waals surface area (Å²) < 4.78 is 42.6. The van der Waals surface area contributed by atoms with E-state index in [2.05, 4.69) is 9.55 Å². The summed E-state index contributed by atoms with van der Waals surface area (Å²) in [6.07, 6.45) is 8.84. The second-order valence-corrected chi connectivity index (χ2v) is 15.3. The molecule has 0 saturated carbocycles. The number of carbonyl (C=O) groups excluding carboxylic acids is 2. The van der Waals surface area contributed by atoms with Crippen LogP contribution in [0.15, 0.2) is 47.9 Å². The SMILES string of the molecule is CC(C)(C)OC(=O)N1CCC[C@H](Cn2ccnc2)C1.Cc1ccc(S(=O)(=O)OC[C@H]2CCCN(C(=O)OC(C)(C)C)C2)cc1. The standard InChI is InChI=1S/C18H27NO5S.C14H23N3O2/c1-14-7-9-16(10-8-14)25(21,22)23-13-15-6-5-11-19(12-15)17(20)24-18(2,3)4;1-14(2,3)19-13(18)17-7-4-5-12(10-17)9-16-8-6-15-11-16/h7-10,15H,5-6,11-13H2,1-4H3;6,8,11-12H,4-5,7,9-10H2,1-3H3/t15-;12-/m01/s1. The minimum atomic E-state index is -3.78. The van der Waals surface area contributed by atoms with Gasteiger partial charge in [0.05, 0.1) is 17.8 Å². The van der Waals surface area contributed by atoms with E-state index in [1.807, 2.05) is 65.9 Å². The summed E-state index contributed by atoms with van der Waals surface area (Å²) in [5.74, 6) is 0.456. The number of carbonyl (C=O) groups is 2. The fourth-order valence-corrected chi connectivity index (χ4v) is 6.03. The molecule has 2 amide bonds. The Hall–Kier alpha value is -3.12. The molecule has 44 heavy (non-hydrogen) atoms. The number of hydrogen-bond acceptors (Lipinski definition) is 8. The van der Waals surface area contributed by atoms with Crippen molar-refractivity contribution < 1.29 is 31.7 Å². The average molecular weight is 635 g/mol. The fraction of sp³-hybridized carbons (Fsp3) is 0.656. The molecular formula is C32H50N4O7S. The first-order valence-electron chi connectivity index (χ1n) is 15.4. The normalized spacial score (nSPS) is 19.5. The molecule has 11 nitrogen and oxygen atoms in total. The Kier molecular flexibility index (Phi) is 12.3. The molecule has 2 fully saturated rings. The molecule has 4 rings (SSSR count). The first kappa shape index (κ1) is 35.4. The Bertz CT molecular complexity index is 1300. The monoisotopic (exact) mass is 634 g/mol. The van der Waals surface area contributed by atoms with Crippen LogP contribution in [0.5, 0.6) is 0 Å². The second-order valence-electron chi connectivity index (χ2n) is 13.7. The second kappa shape index (κ2) is 15.2. The Morgan fingerprint density at radius 1 is 0.864 bits per heavy atom. The summed E-state index contributed by atoms with van der Waals surface area (Å²) in [6, 6.07) is 6.55. The van der Waals surface area contributed by atoms with Crippen LogP contribution in [-0.4, -0.2) is 83.9 Å². The molecule has 1 aromatic heterocycles. The van der Waals surface area contributed by atoms with E-state index < -0.39 is 21.3 Å². The molecule has 0 bridgehead atoms. The number of amides is 2. The summed E-state index contributed by atoms with van der Waals surface area (Å²) in [6.45, 7) is 16.7. The van der Waals surface area contributed by atoms with Gasteiger partial charge in [0.25, 0.3) is 10.1 Å². The number of nitrogens with zero attached hydrogens (tertiary/aromatic N) is 4. The minimum absolute atomic E-state index is 0.0264. The van der Waals surface area contributed by atoms with Gasteiger partial charge in [-0.05, 0) is 92.2 Å². The van der Waals surface area contributed by atoms with Crippen molar-refractivity contribution in [1.29, 1.82) is 0 Å². The van der Waals surface area contributed by atoms with E-state index in [1.54, 1.807) is 35.4 Å². The lowest BCUT2D eigenvalue weighted by molar-refractivity contribution is 0.0137. The Labute approximate surface area is 263 Å². The molecule has 2 aromatic rings. The molecular weight excluding hydrogens is 584 g/mol. The maximum atomic E-state index is 12.3. The lowest BCUT2D eigenvalue weighted by Crippen LogP contribution is -2.44. The number of piperidine rings is 2. The van der Waals surface area contributed by atoms with Gasteiger partial charge in [-0.2, -0.15) is 8.42 Å². The van der Waals surface area contributed by atoms with E-state index in [9.17, 15) is 18.0 Å². The molecule has 2 aliphatic heterocycles. The predicted molar refractivity (Wildman–Crippen MR) is 168 cm³/mol. The molecule has 0 radical (unpaired) electrons. The van der Waals surface area contributed by atoms with Crippen molar-refractivity contribution in [2.45, 2.75) is 96.8 Å². The first-order chi connectivity index (χ1) is 20.5. The zero-order valence-electron chi connectivity index (χ0n) is 27.3. The van der Waals surface area contributed by atoms with Crippen molar-refractivity contribution in [1.82, 2.24) is 19.4 Å². The zero-order chi connectivity index (χ0) is 32.5. The van der Waals surface area contributed by atoms with E-state index >= 15 is 0 Å². The molecule has 246 valence electrons. The summed E-state index contributed by atoms with van der Waals surface area (Å²) >= 11 is 0. The number of rotatable bonds is 6. The number of imidazole rings is 1. The van der Waals surface area contributed by atoms with E-state index in [0.29, 0.717) is 19.0 Å². The van der Waals surface area contributed by atoms with Gasteiger partial charge in [-0.15, -0.1) is 0 Å². The van der Waals surface area contributed by atoms with Crippen LogP contribution in [-0.2, 0) is 30.3 Å². The summed E-state index contributed by atoms with van der Waals surface area (Å²) in [7, 11) is -3.78. The number of ether oxygens (including phenoxy) is 2. The highest BCUT2D eigenvalue weighted by Gasteiger charge is 2.30. The number of benzene rings is 1. The Morgan fingerprint density at radius 2 is 1.39 bits per heavy atom. The molecule has 2 aliphatic rings. The quantitative estimate of drug-likeness (QED) is 0.362. The molecule has 1 aromatic carbocycles. The van der Waals surface area contributed by atoms with Crippen molar-refractivity contribution in [3.05, 3.63) is 48.5 Å². The van der Waals surface area contributed by atoms with Crippen LogP contribution in [0, 0.1) is 18.8 Å². The maximum Gasteiger partial charge on any atom is 0.410 e. The van der Waals surface area contributed by atoms with Crippen LogP contribution in [0.25, 0.3) is 0 Å². The van der Waals surface area contributed by atoms with Gasteiger partial charge in [0.1, 0.15) is 11.2 Å². The Balaban J connectivity index is 0.000000249. The zero-order valence-corrected chi connectivity index (χ0v) is 28.1. The lowest BCUT2D eigenvalue weighted by atomic mass is 9.98. The highest BCUT2D eigenvalue weighted by Crippen LogP contribution is 2.23. The van der Waals surface area contributed by atoms with Gasteiger partial charge in [-0.25, -0.2) is 14.6 Å². The maximum absolute atomic E-state index is 12.3. The van der Waals surface area contributed by atoms with Crippen molar-refractivity contribution in [2.24, 2.45) is 11.8 Å². The number of aryl methyl sites for hydroxylation is 1. The van der Waals surface area contributed by atoms with Gasteiger partial charge in [0, 0.05) is 51.0 Å².